The Kier molecular flexibility index (Phi) is 6.11. The molecule has 0 aliphatic carbocycles. The molecule has 0 bridgehead atoms. The summed E-state index contributed by atoms with van der Waals surface area (Å²) in [6.45, 7) is 1.69. The third-order valence-corrected chi connectivity index (χ3v) is 4.50. The Bertz CT molecular complexity index is 1010. The van der Waals surface area contributed by atoms with Crippen molar-refractivity contribution >= 4 is 40.0 Å². The molecule has 3 aromatic rings. The molecule has 0 aliphatic rings. The molecule has 0 saturated heterocycles. The number of fused-ring (bicyclic) bond motifs is 1. The van der Waals surface area contributed by atoms with E-state index in [0.717, 1.165) is 10.9 Å². The predicted molar refractivity (Wildman–Crippen MR) is 110 cm³/mol. The number of benzene rings is 2. The van der Waals surface area contributed by atoms with E-state index in [1.165, 1.54) is 4.90 Å². The molecule has 144 valence electrons. The van der Waals surface area contributed by atoms with Crippen LogP contribution in [0.5, 0.6) is 5.75 Å². The fourth-order valence-corrected chi connectivity index (χ4v) is 2.83. The second-order valence-electron chi connectivity index (χ2n) is 6.40. The molecule has 7 heteroatoms. The van der Waals surface area contributed by atoms with E-state index >= 15 is 0 Å². The number of hydrogen-bond donors (Lipinski definition) is 1. The van der Waals surface area contributed by atoms with Gasteiger partial charge in [0.25, 0.3) is 5.91 Å². The molecule has 0 spiro atoms. The lowest BCUT2D eigenvalue weighted by Gasteiger charge is -2.17. The minimum atomic E-state index is -0.321. The van der Waals surface area contributed by atoms with Crippen LogP contribution in [0.1, 0.15) is 5.56 Å². The van der Waals surface area contributed by atoms with Crippen molar-refractivity contribution in [1.82, 2.24) is 9.88 Å². The maximum absolute atomic E-state index is 12.3. The molecular formula is C21H20ClN3O3. The van der Waals surface area contributed by atoms with Gasteiger partial charge in [0.1, 0.15) is 11.3 Å². The van der Waals surface area contributed by atoms with Gasteiger partial charge in [0.05, 0.1) is 11.6 Å². The lowest BCUT2D eigenvalue weighted by molar-refractivity contribution is -0.135. The largest absolute Gasteiger partial charge is 0.481 e. The fourth-order valence-electron chi connectivity index (χ4n) is 2.62. The lowest BCUT2D eigenvalue weighted by atomic mass is 10.2. The average molecular weight is 398 g/mol. The highest BCUT2D eigenvalue weighted by atomic mass is 35.5. The van der Waals surface area contributed by atoms with E-state index in [0.29, 0.717) is 22.0 Å². The van der Waals surface area contributed by atoms with Gasteiger partial charge in [-0.3, -0.25) is 14.6 Å². The third kappa shape index (κ3) is 4.78. The lowest BCUT2D eigenvalue weighted by Crippen LogP contribution is -2.37. The number of anilines is 1. The van der Waals surface area contributed by atoms with Crippen LogP contribution in [0.2, 0.25) is 5.02 Å². The number of aryl methyl sites for hydroxylation is 1. The summed E-state index contributed by atoms with van der Waals surface area (Å²) in [6, 6.07) is 14.4. The van der Waals surface area contributed by atoms with Crippen molar-refractivity contribution in [1.29, 1.82) is 0 Å². The highest BCUT2D eigenvalue weighted by Gasteiger charge is 2.15. The van der Waals surface area contributed by atoms with Crippen LogP contribution in [-0.2, 0) is 9.59 Å². The molecule has 28 heavy (non-hydrogen) atoms. The van der Waals surface area contributed by atoms with Gasteiger partial charge in [-0.2, -0.15) is 0 Å². The molecule has 0 saturated carbocycles. The second-order valence-corrected chi connectivity index (χ2v) is 6.80. The van der Waals surface area contributed by atoms with Crippen LogP contribution >= 0.6 is 11.6 Å². The predicted octanol–water partition coefficient (Wildman–Crippen LogP) is 3.67. The number of carbonyl (C=O) groups is 2. The van der Waals surface area contributed by atoms with E-state index in [1.807, 2.05) is 37.3 Å². The average Bonchev–Trinajstić information content (AvgIpc) is 2.69. The third-order valence-electron chi connectivity index (χ3n) is 4.17. The normalized spacial score (nSPS) is 10.5. The maximum atomic E-state index is 12.3. The molecule has 3 rings (SSSR count). The smallest absolute Gasteiger partial charge is 0.260 e. The summed E-state index contributed by atoms with van der Waals surface area (Å²) in [5.41, 5.74) is 2.38. The molecule has 2 aromatic carbocycles. The molecular weight excluding hydrogens is 378 g/mol. The molecule has 1 heterocycles. The molecule has 1 N–H and O–H groups in total. The van der Waals surface area contributed by atoms with Gasteiger partial charge >= 0.3 is 0 Å². The zero-order valence-electron chi connectivity index (χ0n) is 15.6. The Morgan fingerprint density at radius 2 is 1.89 bits per heavy atom. The number of rotatable bonds is 6. The van der Waals surface area contributed by atoms with Crippen molar-refractivity contribution in [3.05, 3.63) is 65.3 Å². The van der Waals surface area contributed by atoms with E-state index in [4.69, 9.17) is 16.3 Å². The van der Waals surface area contributed by atoms with Gasteiger partial charge in [-0.15, -0.1) is 0 Å². The van der Waals surface area contributed by atoms with E-state index in [9.17, 15) is 9.59 Å². The summed E-state index contributed by atoms with van der Waals surface area (Å²) < 4.78 is 5.63. The number of hydrogen-bond acceptors (Lipinski definition) is 4. The van der Waals surface area contributed by atoms with E-state index in [1.54, 1.807) is 31.4 Å². The second kappa shape index (κ2) is 8.71. The highest BCUT2D eigenvalue weighted by Crippen LogP contribution is 2.29. The monoisotopic (exact) mass is 397 g/mol. The summed E-state index contributed by atoms with van der Waals surface area (Å²) >= 11 is 6.16. The van der Waals surface area contributed by atoms with E-state index < -0.39 is 0 Å². The van der Waals surface area contributed by atoms with Gasteiger partial charge in [-0.1, -0.05) is 29.3 Å². The molecule has 0 aliphatic heterocycles. The number of likely N-dealkylation sites (N-methyl/N-ethyl adjacent to an activating group) is 1. The Balaban J connectivity index is 1.57. The minimum Gasteiger partial charge on any atom is -0.481 e. The number of nitrogens with zero attached hydrogens (tertiary/aromatic N) is 2. The zero-order chi connectivity index (χ0) is 20.1. The van der Waals surface area contributed by atoms with Crippen LogP contribution in [-0.4, -0.2) is 41.9 Å². The first-order valence-corrected chi connectivity index (χ1v) is 9.08. The summed E-state index contributed by atoms with van der Waals surface area (Å²) in [6.07, 6.45) is 1.63. The Hall–Kier alpha value is -3.12. The maximum Gasteiger partial charge on any atom is 0.260 e. The fraction of sp³-hybridized carbons (Fsp3) is 0.190. The zero-order valence-corrected chi connectivity index (χ0v) is 16.4. The summed E-state index contributed by atoms with van der Waals surface area (Å²) in [5, 5.41) is 4.07. The van der Waals surface area contributed by atoms with Crippen molar-refractivity contribution in [3.8, 4) is 5.75 Å². The topological polar surface area (TPSA) is 71.5 Å². The first kappa shape index (κ1) is 19.6. The number of carbonyl (C=O) groups excluding carboxylic acids is 2. The Morgan fingerprint density at radius 1 is 1.14 bits per heavy atom. The molecule has 2 amide bonds. The van der Waals surface area contributed by atoms with Crippen LogP contribution in [0.4, 0.5) is 5.69 Å². The summed E-state index contributed by atoms with van der Waals surface area (Å²) in [5.74, 6) is -0.137. The van der Waals surface area contributed by atoms with Gasteiger partial charge in [0, 0.05) is 24.3 Å². The molecule has 0 fully saturated rings. The number of ether oxygens (including phenoxy) is 1. The van der Waals surface area contributed by atoms with Crippen LogP contribution in [0.3, 0.4) is 0 Å². The molecule has 0 atom stereocenters. The van der Waals surface area contributed by atoms with Crippen LogP contribution in [0.25, 0.3) is 10.9 Å². The molecule has 1 aromatic heterocycles. The number of halogens is 1. The van der Waals surface area contributed by atoms with Crippen molar-refractivity contribution in [2.24, 2.45) is 0 Å². The van der Waals surface area contributed by atoms with Crippen LogP contribution in [0, 0.1) is 6.92 Å². The minimum absolute atomic E-state index is 0.0737. The summed E-state index contributed by atoms with van der Waals surface area (Å²) in [4.78, 5) is 30.0. The van der Waals surface area contributed by atoms with Crippen molar-refractivity contribution in [3.63, 3.8) is 0 Å². The van der Waals surface area contributed by atoms with E-state index in [2.05, 4.69) is 10.3 Å². The SMILES string of the molecule is Cc1ccc(NC(=O)CN(C)C(=O)COc2ccc(Cl)c3cccnc23)cc1. The highest BCUT2D eigenvalue weighted by molar-refractivity contribution is 6.35. The van der Waals surface area contributed by atoms with Gasteiger partial charge in [0.2, 0.25) is 5.91 Å². The first-order valence-electron chi connectivity index (χ1n) is 8.70. The number of aromatic nitrogens is 1. The van der Waals surface area contributed by atoms with Gasteiger partial charge in [0.15, 0.2) is 6.61 Å². The molecule has 0 unspecified atom stereocenters. The van der Waals surface area contributed by atoms with Gasteiger partial charge in [-0.25, -0.2) is 0 Å². The molecule has 6 nitrogen and oxygen atoms in total. The van der Waals surface area contributed by atoms with Crippen molar-refractivity contribution < 1.29 is 14.3 Å². The van der Waals surface area contributed by atoms with Crippen LogP contribution < -0.4 is 10.1 Å². The molecule has 0 radical (unpaired) electrons. The Labute approximate surface area is 168 Å². The van der Waals surface area contributed by atoms with Crippen molar-refractivity contribution in [2.75, 3.05) is 25.5 Å². The summed E-state index contributed by atoms with van der Waals surface area (Å²) in [7, 11) is 1.55. The number of nitrogens with one attached hydrogen (secondary N) is 1. The quantitative estimate of drug-likeness (QED) is 0.688. The first-order chi connectivity index (χ1) is 13.4. The number of pyridine rings is 1. The van der Waals surface area contributed by atoms with Gasteiger partial charge in [-0.05, 0) is 43.3 Å². The van der Waals surface area contributed by atoms with Crippen LogP contribution in [0.15, 0.2) is 54.7 Å². The van der Waals surface area contributed by atoms with E-state index in [-0.39, 0.29) is 25.0 Å². The standard InChI is InChI=1S/C21H20ClN3O3/c1-14-5-7-15(8-6-14)24-19(26)12-25(2)20(27)13-28-18-10-9-17(22)16-4-3-11-23-21(16)18/h3-11H,12-13H2,1-2H3,(H,24,26). The number of amides is 2. The van der Waals surface area contributed by atoms with Crippen molar-refractivity contribution in [2.45, 2.75) is 6.92 Å². The van der Waals surface area contributed by atoms with Gasteiger partial charge < -0.3 is 15.0 Å². The Morgan fingerprint density at radius 3 is 2.64 bits per heavy atom.